The van der Waals surface area contributed by atoms with Gasteiger partial charge in [-0.1, -0.05) is 98.1 Å². The first kappa shape index (κ1) is 27.8. The predicted molar refractivity (Wildman–Crippen MR) is 142 cm³/mol. The van der Waals surface area contributed by atoms with E-state index in [1.807, 2.05) is 0 Å². The number of hydrogen-bond acceptors (Lipinski definition) is 0. The Morgan fingerprint density at radius 2 is 1.41 bits per heavy atom. The van der Waals surface area contributed by atoms with Crippen molar-refractivity contribution < 1.29 is 20.8 Å². The van der Waals surface area contributed by atoms with E-state index in [4.69, 9.17) is 17.0 Å². The van der Waals surface area contributed by atoms with Gasteiger partial charge in [0.05, 0.1) is 0 Å². The Morgan fingerprint density at radius 1 is 0.875 bits per heavy atom. The monoisotopic (exact) mass is 547 g/mol. The fourth-order valence-corrected chi connectivity index (χ4v) is 4.14. The molecule has 0 saturated carbocycles. The normalized spacial score (nSPS) is 12.1. The molecule has 0 fully saturated rings. The average Bonchev–Trinajstić information content (AvgIpc) is 3.11. The molecule has 0 unspecified atom stereocenters. The maximum atomic E-state index is 4.93. The summed E-state index contributed by atoms with van der Waals surface area (Å²) in [5, 5.41) is 2.80. The molecule has 0 nitrogen and oxygen atoms in total. The van der Waals surface area contributed by atoms with Crippen molar-refractivity contribution in [1.82, 2.24) is 0 Å². The number of halogens is 2. The van der Waals surface area contributed by atoms with Crippen LogP contribution >= 0.6 is 17.0 Å². The fraction of sp³-hybridized carbons (Fsp3) is 0.483. The number of fused-ring (bicyclic) bond motifs is 1. The maximum absolute atomic E-state index is 4.93. The van der Waals surface area contributed by atoms with E-state index >= 15 is 0 Å². The van der Waals surface area contributed by atoms with Gasteiger partial charge in [-0.15, -0.1) is 34.5 Å². The van der Waals surface area contributed by atoms with Gasteiger partial charge >= 0.3 is 37.9 Å². The zero-order chi connectivity index (χ0) is 24.3. The Morgan fingerprint density at radius 3 is 1.84 bits per heavy atom. The Hall–Kier alpha value is -0.487. The summed E-state index contributed by atoms with van der Waals surface area (Å²) < 4.78 is 0. The summed E-state index contributed by atoms with van der Waals surface area (Å²) in [4.78, 5) is 0. The molecular weight excluding hydrogens is 510 g/mol. The minimum atomic E-state index is -0.826. The summed E-state index contributed by atoms with van der Waals surface area (Å²) in [6, 6.07) is 16.8. The quantitative estimate of drug-likeness (QED) is 0.284. The molecule has 0 aromatic heterocycles. The van der Waals surface area contributed by atoms with Gasteiger partial charge in [0.1, 0.15) is 0 Å². The summed E-state index contributed by atoms with van der Waals surface area (Å²) in [6.07, 6.45) is 2.29. The van der Waals surface area contributed by atoms with E-state index in [0.29, 0.717) is 5.92 Å². The first-order chi connectivity index (χ1) is 14.8. The molecule has 32 heavy (non-hydrogen) atoms. The number of benzene rings is 2. The zero-order valence-corrected chi connectivity index (χ0v) is 25.3. The van der Waals surface area contributed by atoms with E-state index in [1.165, 1.54) is 50.6 Å². The summed E-state index contributed by atoms with van der Waals surface area (Å²) in [7, 11) is 9.87. The van der Waals surface area contributed by atoms with Crippen molar-refractivity contribution in [2.24, 2.45) is 0 Å². The molecule has 0 amide bonds. The third-order valence-electron chi connectivity index (χ3n) is 6.14. The summed E-state index contributed by atoms with van der Waals surface area (Å²) in [5.74, 6) is 0.552. The van der Waals surface area contributed by atoms with Crippen LogP contribution < -0.4 is 0 Å². The molecule has 0 radical (unpaired) electrons. The molecule has 0 spiro atoms. The molecule has 0 heterocycles. The van der Waals surface area contributed by atoms with Crippen molar-refractivity contribution in [1.29, 1.82) is 0 Å². The number of aryl methyl sites for hydroxylation is 1. The molecule has 174 valence electrons. The molecular formula is C29H39Cl2Zr-. The average molecular weight is 550 g/mol. The molecule has 0 aliphatic heterocycles. The Labute approximate surface area is 215 Å². The molecule has 3 heteroatoms. The van der Waals surface area contributed by atoms with Gasteiger partial charge in [-0.05, 0) is 39.9 Å². The van der Waals surface area contributed by atoms with Gasteiger partial charge in [-0.25, -0.2) is 0 Å². The van der Waals surface area contributed by atoms with Gasteiger partial charge in [-0.2, -0.15) is 6.07 Å². The molecule has 3 rings (SSSR count). The van der Waals surface area contributed by atoms with Crippen LogP contribution in [0, 0.1) is 0 Å². The van der Waals surface area contributed by atoms with E-state index in [2.05, 4.69) is 105 Å². The van der Waals surface area contributed by atoms with E-state index in [1.54, 1.807) is 0 Å². The van der Waals surface area contributed by atoms with Gasteiger partial charge in [0.2, 0.25) is 0 Å². The molecule has 3 aromatic carbocycles. The molecule has 0 bridgehead atoms. The van der Waals surface area contributed by atoms with Crippen molar-refractivity contribution in [2.45, 2.75) is 91.9 Å². The van der Waals surface area contributed by atoms with Crippen LogP contribution in [0.3, 0.4) is 0 Å². The van der Waals surface area contributed by atoms with Crippen molar-refractivity contribution in [3.8, 4) is 11.1 Å². The summed E-state index contributed by atoms with van der Waals surface area (Å²) in [5.41, 5.74) is 8.87. The van der Waals surface area contributed by atoms with Gasteiger partial charge in [0.25, 0.3) is 0 Å². The third kappa shape index (κ3) is 6.77. The van der Waals surface area contributed by atoms with Gasteiger partial charge in [0.15, 0.2) is 0 Å². The van der Waals surface area contributed by atoms with Crippen LogP contribution in [0.5, 0.6) is 0 Å². The van der Waals surface area contributed by atoms with Gasteiger partial charge in [0, 0.05) is 0 Å². The van der Waals surface area contributed by atoms with Crippen molar-refractivity contribution >= 4 is 27.8 Å². The summed E-state index contributed by atoms with van der Waals surface area (Å²) in [6.45, 7) is 20.8. The fourth-order valence-electron chi connectivity index (χ4n) is 4.14. The number of rotatable bonds is 4. The van der Waals surface area contributed by atoms with E-state index in [-0.39, 0.29) is 10.8 Å². The van der Waals surface area contributed by atoms with E-state index < -0.39 is 20.8 Å². The third-order valence-corrected chi connectivity index (χ3v) is 6.14. The predicted octanol–water partition coefficient (Wildman–Crippen LogP) is 10.3. The van der Waals surface area contributed by atoms with Crippen molar-refractivity contribution in [2.75, 3.05) is 0 Å². The van der Waals surface area contributed by atoms with Gasteiger partial charge in [-0.3, -0.25) is 0 Å². The van der Waals surface area contributed by atoms with Crippen LogP contribution in [0.25, 0.3) is 21.9 Å². The SMILES string of the molecule is CCCc1ccc2[cH-]c(C(C)C)cc2c1-c1cc(C(C)(C)C)cc(C(C)(C)C)c1.[Cl][Zr][Cl]. The molecule has 3 aromatic rings. The second-order valence-electron chi connectivity index (χ2n) is 11.2. The summed E-state index contributed by atoms with van der Waals surface area (Å²) >= 11 is -0.826. The van der Waals surface area contributed by atoms with Crippen LogP contribution in [0.1, 0.15) is 96.9 Å². The molecule has 0 aliphatic carbocycles. The second kappa shape index (κ2) is 11.3. The van der Waals surface area contributed by atoms with Crippen LogP contribution in [0.15, 0.2) is 42.5 Å². The second-order valence-corrected chi connectivity index (χ2v) is 14.9. The molecule has 0 saturated heterocycles. The van der Waals surface area contributed by atoms with Crippen LogP contribution in [0.2, 0.25) is 0 Å². The molecule has 0 atom stereocenters. The molecule has 0 N–H and O–H groups in total. The van der Waals surface area contributed by atoms with E-state index in [0.717, 1.165) is 6.42 Å². The Kier molecular flexibility index (Phi) is 9.79. The first-order valence-electron chi connectivity index (χ1n) is 11.7. The first-order valence-corrected chi connectivity index (χ1v) is 18.0. The van der Waals surface area contributed by atoms with Crippen LogP contribution in [-0.2, 0) is 38.1 Å². The van der Waals surface area contributed by atoms with Crippen molar-refractivity contribution in [3.63, 3.8) is 0 Å². The van der Waals surface area contributed by atoms with Gasteiger partial charge < -0.3 is 0 Å². The standard InChI is InChI=1S/C29H39.2ClH.Zr/c1-10-11-20-12-13-21-14-22(19(2)3)17-26(21)27(20)23-15-24(28(4,5)6)18-25(16-23)29(7,8)9;;;/h12-19H,10-11H2,1-9H3;2*1H;/q-1;;;+2/p-2. The van der Waals surface area contributed by atoms with Crippen LogP contribution in [-0.4, -0.2) is 0 Å². The number of hydrogen-bond donors (Lipinski definition) is 0. The van der Waals surface area contributed by atoms with Crippen LogP contribution in [0.4, 0.5) is 0 Å². The van der Waals surface area contributed by atoms with E-state index in [9.17, 15) is 0 Å². The Bertz CT molecular complexity index is 997. The zero-order valence-electron chi connectivity index (χ0n) is 21.3. The minimum absolute atomic E-state index is 0.129. The molecule has 0 aliphatic rings. The topological polar surface area (TPSA) is 0 Å². The Balaban J connectivity index is 0.00000114. The van der Waals surface area contributed by atoms with Crippen molar-refractivity contribution in [3.05, 3.63) is 64.7 Å².